The Bertz CT molecular complexity index is 384. The minimum absolute atomic E-state index is 0.0101. The zero-order valence-electron chi connectivity index (χ0n) is 9.10. The highest BCUT2D eigenvalue weighted by molar-refractivity contribution is 6.31. The molecule has 82 valence electrons. The van der Waals surface area contributed by atoms with Gasteiger partial charge in [-0.3, -0.25) is 0 Å². The largest absolute Gasteiger partial charge is 0.507 e. The van der Waals surface area contributed by atoms with Crippen molar-refractivity contribution in [2.24, 2.45) is 5.73 Å². The van der Waals surface area contributed by atoms with Gasteiger partial charge in [0.15, 0.2) is 0 Å². The Hall–Kier alpha value is -0.730. The van der Waals surface area contributed by atoms with Crippen LogP contribution in [0.5, 0.6) is 5.75 Å². The molecule has 1 aliphatic rings. The molecule has 0 atom stereocenters. The van der Waals surface area contributed by atoms with Gasteiger partial charge in [0.05, 0.1) is 0 Å². The second kappa shape index (κ2) is 3.39. The lowest BCUT2D eigenvalue weighted by Crippen LogP contribution is -2.21. The lowest BCUT2D eigenvalue weighted by molar-refractivity contribution is 0.454. The van der Waals surface area contributed by atoms with Crippen LogP contribution in [0.3, 0.4) is 0 Å². The SMILES string of the molecule is Cc1cc(Cl)c(C)c(C2(CN)CC2)c1O. The number of hydrogen-bond acceptors (Lipinski definition) is 2. The number of hydrogen-bond donors (Lipinski definition) is 2. The Morgan fingerprint density at radius 1 is 1.47 bits per heavy atom. The van der Waals surface area contributed by atoms with Gasteiger partial charge in [-0.2, -0.15) is 0 Å². The number of nitrogens with two attached hydrogens (primary N) is 1. The van der Waals surface area contributed by atoms with Crippen molar-refractivity contribution in [3.8, 4) is 5.75 Å². The predicted octanol–water partition coefficient (Wildman–Crippen LogP) is 2.65. The van der Waals surface area contributed by atoms with Gasteiger partial charge in [-0.25, -0.2) is 0 Å². The molecule has 3 N–H and O–H groups in total. The van der Waals surface area contributed by atoms with Crippen LogP contribution in [-0.4, -0.2) is 11.7 Å². The van der Waals surface area contributed by atoms with Crippen LogP contribution in [0.1, 0.15) is 29.5 Å². The van der Waals surface area contributed by atoms with Crippen molar-refractivity contribution < 1.29 is 5.11 Å². The average Bonchev–Trinajstić information content (AvgIpc) is 2.96. The van der Waals surface area contributed by atoms with Gasteiger partial charge in [0.2, 0.25) is 0 Å². The number of aromatic hydroxyl groups is 1. The van der Waals surface area contributed by atoms with E-state index in [2.05, 4.69) is 0 Å². The lowest BCUT2D eigenvalue weighted by atomic mass is 9.89. The Morgan fingerprint density at radius 3 is 2.53 bits per heavy atom. The first kappa shape index (κ1) is 10.8. The molecule has 1 aromatic carbocycles. The lowest BCUT2D eigenvalue weighted by Gasteiger charge is -2.20. The molecule has 0 heterocycles. The third-order valence-electron chi connectivity index (χ3n) is 3.46. The van der Waals surface area contributed by atoms with Gasteiger partial charge < -0.3 is 10.8 Å². The van der Waals surface area contributed by atoms with Crippen LogP contribution >= 0.6 is 11.6 Å². The Labute approximate surface area is 95.1 Å². The van der Waals surface area contributed by atoms with Crippen molar-refractivity contribution in [3.63, 3.8) is 0 Å². The molecule has 1 aliphatic carbocycles. The molecule has 2 rings (SSSR count). The van der Waals surface area contributed by atoms with Crippen LogP contribution in [0.15, 0.2) is 6.07 Å². The maximum atomic E-state index is 10.1. The van der Waals surface area contributed by atoms with E-state index in [1.54, 1.807) is 0 Å². The molecule has 0 saturated heterocycles. The number of aryl methyl sites for hydroxylation is 1. The van der Waals surface area contributed by atoms with Crippen molar-refractivity contribution >= 4 is 11.6 Å². The minimum Gasteiger partial charge on any atom is -0.507 e. The average molecular weight is 226 g/mol. The summed E-state index contributed by atoms with van der Waals surface area (Å²) in [6, 6.07) is 1.81. The molecule has 3 heteroatoms. The van der Waals surface area contributed by atoms with Crippen molar-refractivity contribution in [2.45, 2.75) is 32.1 Å². The Balaban J connectivity index is 2.64. The minimum atomic E-state index is -0.0101. The molecule has 1 fully saturated rings. The Kier molecular flexibility index (Phi) is 2.44. The molecule has 1 saturated carbocycles. The predicted molar refractivity (Wildman–Crippen MR) is 62.6 cm³/mol. The zero-order valence-corrected chi connectivity index (χ0v) is 9.86. The maximum Gasteiger partial charge on any atom is 0.122 e. The molecule has 0 aliphatic heterocycles. The quantitative estimate of drug-likeness (QED) is 0.813. The summed E-state index contributed by atoms with van der Waals surface area (Å²) >= 11 is 6.13. The number of rotatable bonds is 2. The molecule has 0 aromatic heterocycles. The fourth-order valence-corrected chi connectivity index (χ4v) is 2.48. The summed E-state index contributed by atoms with van der Waals surface area (Å²) in [7, 11) is 0. The van der Waals surface area contributed by atoms with E-state index in [-0.39, 0.29) is 5.41 Å². The summed E-state index contributed by atoms with van der Waals surface area (Å²) in [5.41, 5.74) is 8.55. The highest BCUT2D eigenvalue weighted by Gasteiger charge is 2.46. The number of phenolic OH excluding ortho intramolecular Hbond substituents is 1. The van der Waals surface area contributed by atoms with Gasteiger partial charge in [-0.05, 0) is 43.9 Å². The summed E-state index contributed by atoms with van der Waals surface area (Å²) in [6.07, 6.45) is 2.11. The van der Waals surface area contributed by atoms with E-state index >= 15 is 0 Å². The fourth-order valence-electron chi connectivity index (χ4n) is 2.22. The van der Waals surface area contributed by atoms with E-state index in [1.807, 2.05) is 19.9 Å². The monoisotopic (exact) mass is 225 g/mol. The first-order chi connectivity index (χ1) is 7.02. The Morgan fingerprint density at radius 2 is 2.07 bits per heavy atom. The standard InChI is InChI=1S/C12H16ClNO/c1-7-5-9(13)8(2)10(11(7)15)12(6-14)3-4-12/h5,15H,3-4,6,14H2,1-2H3. The van der Waals surface area contributed by atoms with E-state index < -0.39 is 0 Å². The van der Waals surface area contributed by atoms with Crippen LogP contribution in [0.2, 0.25) is 5.02 Å². The zero-order chi connectivity index (χ0) is 11.2. The van der Waals surface area contributed by atoms with Gasteiger partial charge >= 0.3 is 0 Å². The summed E-state index contributed by atoms with van der Waals surface area (Å²) < 4.78 is 0. The summed E-state index contributed by atoms with van der Waals surface area (Å²) in [5, 5.41) is 10.8. The third-order valence-corrected chi connectivity index (χ3v) is 3.85. The molecular formula is C12H16ClNO. The van der Waals surface area contributed by atoms with Crippen LogP contribution in [0, 0.1) is 13.8 Å². The molecule has 0 radical (unpaired) electrons. The van der Waals surface area contributed by atoms with Crippen LogP contribution in [-0.2, 0) is 5.41 Å². The van der Waals surface area contributed by atoms with E-state index in [4.69, 9.17) is 17.3 Å². The van der Waals surface area contributed by atoms with Crippen LogP contribution in [0.25, 0.3) is 0 Å². The summed E-state index contributed by atoms with van der Waals surface area (Å²) in [6.45, 7) is 4.41. The molecular weight excluding hydrogens is 210 g/mol. The summed E-state index contributed by atoms with van der Waals surface area (Å²) in [5.74, 6) is 0.375. The van der Waals surface area contributed by atoms with Gasteiger partial charge in [-0.15, -0.1) is 0 Å². The molecule has 2 nitrogen and oxygen atoms in total. The number of halogens is 1. The van der Waals surface area contributed by atoms with Crippen molar-refractivity contribution in [1.29, 1.82) is 0 Å². The van der Waals surface area contributed by atoms with E-state index in [1.165, 1.54) is 0 Å². The second-order valence-electron chi connectivity index (χ2n) is 4.51. The van der Waals surface area contributed by atoms with E-state index in [9.17, 15) is 5.11 Å². The van der Waals surface area contributed by atoms with Gasteiger partial charge in [0, 0.05) is 22.5 Å². The summed E-state index contributed by atoms with van der Waals surface area (Å²) in [4.78, 5) is 0. The number of benzene rings is 1. The second-order valence-corrected chi connectivity index (χ2v) is 4.92. The van der Waals surface area contributed by atoms with Crippen molar-refractivity contribution in [1.82, 2.24) is 0 Å². The highest BCUT2D eigenvalue weighted by atomic mass is 35.5. The smallest absolute Gasteiger partial charge is 0.122 e. The number of phenols is 1. The maximum absolute atomic E-state index is 10.1. The normalized spacial score (nSPS) is 17.9. The van der Waals surface area contributed by atoms with Crippen molar-refractivity contribution in [2.75, 3.05) is 6.54 Å². The van der Waals surface area contributed by atoms with Gasteiger partial charge in [0.1, 0.15) is 5.75 Å². The topological polar surface area (TPSA) is 46.2 Å². The molecule has 0 bridgehead atoms. The molecule has 0 spiro atoms. The van der Waals surface area contributed by atoms with Crippen molar-refractivity contribution in [3.05, 3.63) is 27.8 Å². The third kappa shape index (κ3) is 1.52. The first-order valence-corrected chi connectivity index (χ1v) is 5.59. The molecule has 0 amide bonds. The van der Waals surface area contributed by atoms with E-state index in [0.29, 0.717) is 12.3 Å². The fraction of sp³-hybridized carbons (Fsp3) is 0.500. The molecule has 0 unspecified atom stereocenters. The van der Waals surface area contributed by atoms with Crippen LogP contribution < -0.4 is 5.73 Å². The molecule has 1 aromatic rings. The first-order valence-electron chi connectivity index (χ1n) is 5.21. The van der Waals surface area contributed by atoms with Crippen LogP contribution in [0.4, 0.5) is 0 Å². The van der Waals surface area contributed by atoms with Gasteiger partial charge in [-0.1, -0.05) is 11.6 Å². The molecule has 15 heavy (non-hydrogen) atoms. The van der Waals surface area contributed by atoms with E-state index in [0.717, 1.165) is 34.6 Å². The highest BCUT2D eigenvalue weighted by Crippen LogP contribution is 2.53. The van der Waals surface area contributed by atoms with Gasteiger partial charge in [0.25, 0.3) is 0 Å².